The Kier molecular flexibility index (Phi) is 6.64. The van der Waals surface area contributed by atoms with Gasteiger partial charge < -0.3 is 4.57 Å². The number of fused-ring (bicyclic) bond motifs is 7. The van der Waals surface area contributed by atoms with Gasteiger partial charge >= 0.3 is 0 Å². The maximum Gasteiger partial charge on any atom is 0.165 e. The minimum atomic E-state index is 0.661. The van der Waals surface area contributed by atoms with E-state index in [1.54, 1.807) is 0 Å². The quantitative estimate of drug-likeness (QED) is 0.185. The number of nitrogens with zero attached hydrogens (tertiary/aromatic N) is 4. The first-order valence-corrected chi connectivity index (χ1v) is 17.5. The Bertz CT molecular complexity index is 2780. The highest BCUT2D eigenvalue weighted by Crippen LogP contribution is 2.47. The van der Waals surface area contributed by atoms with Gasteiger partial charge in [0.05, 0.1) is 11.0 Å². The maximum absolute atomic E-state index is 5.10. The van der Waals surface area contributed by atoms with Gasteiger partial charge in [-0.05, 0) is 29.8 Å². The van der Waals surface area contributed by atoms with Crippen LogP contribution in [0.5, 0.6) is 0 Å². The molecule has 0 spiro atoms. The molecule has 0 N–H and O–H groups in total. The van der Waals surface area contributed by atoms with Crippen molar-refractivity contribution in [1.82, 2.24) is 19.5 Å². The predicted molar refractivity (Wildman–Crippen MR) is 209 cm³/mol. The summed E-state index contributed by atoms with van der Waals surface area (Å²) in [5.41, 5.74) is 8.88. The van der Waals surface area contributed by atoms with E-state index in [1.165, 1.54) is 53.1 Å². The minimum Gasteiger partial charge on any atom is -0.309 e. The van der Waals surface area contributed by atoms with Gasteiger partial charge in [-0.15, -0.1) is 11.3 Å². The third-order valence-corrected chi connectivity index (χ3v) is 10.7. The summed E-state index contributed by atoms with van der Waals surface area (Å²) in [7, 11) is 0. The summed E-state index contributed by atoms with van der Waals surface area (Å²) in [5.74, 6) is 1.99. The third kappa shape index (κ3) is 4.55. The fourth-order valence-electron chi connectivity index (χ4n) is 7.21. The van der Waals surface area contributed by atoms with Crippen LogP contribution in [-0.4, -0.2) is 19.5 Å². The molecular weight excluding hydrogens is 629 g/mol. The Morgan fingerprint density at radius 3 is 1.54 bits per heavy atom. The number of thiophene rings is 1. The van der Waals surface area contributed by atoms with Crippen molar-refractivity contribution >= 4 is 53.3 Å². The zero-order valence-corrected chi connectivity index (χ0v) is 27.7. The van der Waals surface area contributed by atoms with Gasteiger partial charge in [0.2, 0.25) is 0 Å². The van der Waals surface area contributed by atoms with Gasteiger partial charge in [-0.1, -0.05) is 146 Å². The first-order valence-electron chi connectivity index (χ1n) is 16.7. The molecule has 7 aromatic carbocycles. The number of hydrogen-bond acceptors (Lipinski definition) is 4. The predicted octanol–water partition coefficient (Wildman–Crippen LogP) is 12.0. The highest BCUT2D eigenvalue weighted by molar-refractivity contribution is 7.27. The van der Waals surface area contributed by atoms with Crippen LogP contribution in [-0.2, 0) is 0 Å². The lowest BCUT2D eigenvalue weighted by atomic mass is 10.0. The lowest BCUT2D eigenvalue weighted by molar-refractivity contribution is 1.08. The SMILES string of the molecule is c1ccc(-c2nc(-c3ccccc3)nc(-c3cccc4c3sc3c4ccc4c3c3cccc(-c5ccccc5)c3n4-c3ccccc3)n2)cc1. The summed E-state index contributed by atoms with van der Waals surface area (Å²) in [6.45, 7) is 0. The number of rotatable bonds is 5. The second kappa shape index (κ2) is 11.6. The molecule has 0 amide bonds. The summed E-state index contributed by atoms with van der Waals surface area (Å²) >= 11 is 1.83. The molecular formula is C45H28N4S. The van der Waals surface area contributed by atoms with Crippen molar-refractivity contribution in [1.29, 1.82) is 0 Å². The van der Waals surface area contributed by atoms with E-state index in [9.17, 15) is 0 Å². The van der Waals surface area contributed by atoms with E-state index in [0.29, 0.717) is 17.5 Å². The summed E-state index contributed by atoms with van der Waals surface area (Å²) in [5, 5.41) is 4.93. The van der Waals surface area contributed by atoms with E-state index in [0.717, 1.165) is 22.4 Å². The van der Waals surface area contributed by atoms with Crippen LogP contribution in [0, 0.1) is 0 Å². The number of hydrogen-bond donors (Lipinski definition) is 0. The van der Waals surface area contributed by atoms with Gasteiger partial charge in [0.15, 0.2) is 17.5 Å². The Morgan fingerprint density at radius 1 is 0.380 bits per heavy atom. The Hall–Kier alpha value is -6.43. The van der Waals surface area contributed by atoms with E-state index in [-0.39, 0.29) is 0 Å². The number of para-hydroxylation sites is 2. The molecule has 0 aliphatic carbocycles. The zero-order chi connectivity index (χ0) is 33.0. The molecule has 0 saturated heterocycles. The van der Waals surface area contributed by atoms with Crippen LogP contribution in [0.1, 0.15) is 0 Å². The van der Waals surface area contributed by atoms with Gasteiger partial charge in [-0.2, -0.15) is 0 Å². The Labute approximate surface area is 292 Å². The first-order chi connectivity index (χ1) is 24.8. The molecule has 0 aliphatic rings. The summed E-state index contributed by atoms with van der Waals surface area (Å²) in [6, 6.07) is 59.5. The third-order valence-electron chi connectivity index (χ3n) is 9.45. The molecule has 0 unspecified atom stereocenters. The largest absolute Gasteiger partial charge is 0.309 e. The van der Waals surface area contributed by atoms with Gasteiger partial charge in [0.25, 0.3) is 0 Å². The highest BCUT2D eigenvalue weighted by atomic mass is 32.1. The molecule has 50 heavy (non-hydrogen) atoms. The number of benzene rings is 7. The molecule has 3 aromatic heterocycles. The fourth-order valence-corrected chi connectivity index (χ4v) is 8.57. The van der Waals surface area contributed by atoms with E-state index in [1.807, 2.05) is 47.7 Å². The molecule has 5 heteroatoms. The maximum atomic E-state index is 5.10. The molecule has 234 valence electrons. The lowest BCUT2D eigenvalue weighted by Gasteiger charge is -2.11. The average Bonchev–Trinajstić information content (AvgIpc) is 3.75. The Balaban J connectivity index is 1.28. The summed E-state index contributed by atoms with van der Waals surface area (Å²) in [4.78, 5) is 15.1. The van der Waals surface area contributed by atoms with Gasteiger partial charge in [-0.25, -0.2) is 15.0 Å². The van der Waals surface area contributed by atoms with Crippen LogP contribution in [0.15, 0.2) is 170 Å². The molecule has 0 aliphatic heterocycles. The van der Waals surface area contributed by atoms with E-state index < -0.39 is 0 Å². The van der Waals surface area contributed by atoms with Crippen LogP contribution in [0.3, 0.4) is 0 Å². The smallest absolute Gasteiger partial charge is 0.165 e. The highest BCUT2D eigenvalue weighted by Gasteiger charge is 2.22. The molecule has 3 heterocycles. The number of aromatic nitrogens is 4. The monoisotopic (exact) mass is 656 g/mol. The molecule has 10 rings (SSSR count). The molecule has 0 saturated carbocycles. The first kappa shape index (κ1) is 28.6. The van der Waals surface area contributed by atoms with Gasteiger partial charge in [-0.3, -0.25) is 0 Å². The van der Waals surface area contributed by atoms with Crippen LogP contribution < -0.4 is 0 Å². The van der Waals surface area contributed by atoms with Gasteiger partial charge in [0, 0.05) is 58.9 Å². The fraction of sp³-hybridized carbons (Fsp3) is 0. The standard InChI is InChI=1S/C45H28N4S/c1-5-15-29(16-6-1)33-23-13-25-36-39-38(49(40(33)36)32-21-11-4-12-22-32)28-27-35-34-24-14-26-37(41(34)50-42(35)39)45-47-43(30-17-7-2-8-18-30)46-44(48-45)31-19-9-3-10-20-31/h1-28H. The van der Waals surface area contributed by atoms with Crippen molar-refractivity contribution in [3.63, 3.8) is 0 Å². The summed E-state index contributed by atoms with van der Waals surface area (Å²) in [6.07, 6.45) is 0. The summed E-state index contributed by atoms with van der Waals surface area (Å²) < 4.78 is 4.86. The zero-order valence-electron chi connectivity index (χ0n) is 26.9. The molecule has 10 aromatic rings. The molecule has 0 fully saturated rings. The average molecular weight is 657 g/mol. The Morgan fingerprint density at radius 2 is 0.900 bits per heavy atom. The van der Waals surface area contributed by atoms with Crippen LogP contribution in [0.4, 0.5) is 0 Å². The lowest BCUT2D eigenvalue weighted by Crippen LogP contribution is -2.00. The van der Waals surface area contributed by atoms with Crippen molar-refractivity contribution < 1.29 is 0 Å². The van der Waals surface area contributed by atoms with Crippen molar-refractivity contribution in [3.8, 4) is 51.0 Å². The molecule has 0 atom stereocenters. The normalized spacial score (nSPS) is 11.6. The second-order valence-corrected chi connectivity index (χ2v) is 13.4. The van der Waals surface area contributed by atoms with Crippen LogP contribution in [0.25, 0.3) is 93.0 Å². The topological polar surface area (TPSA) is 43.6 Å². The molecule has 0 bridgehead atoms. The molecule has 4 nitrogen and oxygen atoms in total. The minimum absolute atomic E-state index is 0.661. The van der Waals surface area contributed by atoms with E-state index in [4.69, 9.17) is 15.0 Å². The van der Waals surface area contributed by atoms with Crippen LogP contribution in [0.2, 0.25) is 0 Å². The second-order valence-electron chi connectivity index (χ2n) is 12.4. The van der Waals surface area contributed by atoms with Crippen molar-refractivity contribution in [2.75, 3.05) is 0 Å². The van der Waals surface area contributed by atoms with Crippen molar-refractivity contribution in [2.45, 2.75) is 0 Å². The van der Waals surface area contributed by atoms with E-state index >= 15 is 0 Å². The molecule has 0 radical (unpaired) electrons. The van der Waals surface area contributed by atoms with Crippen LogP contribution >= 0.6 is 11.3 Å². The van der Waals surface area contributed by atoms with E-state index in [2.05, 4.69) is 138 Å². The van der Waals surface area contributed by atoms with Crippen molar-refractivity contribution in [2.24, 2.45) is 0 Å². The van der Waals surface area contributed by atoms with Crippen molar-refractivity contribution in [3.05, 3.63) is 170 Å². The van der Waals surface area contributed by atoms with Gasteiger partial charge in [0.1, 0.15) is 0 Å².